The van der Waals surface area contributed by atoms with E-state index in [-0.39, 0.29) is 0 Å². The molecule has 5 heteroatoms. The smallest absolute Gasteiger partial charge is 0.170 e. The number of nitrogens with one attached hydrogen (secondary N) is 1. The first-order valence-corrected chi connectivity index (χ1v) is 7.93. The van der Waals surface area contributed by atoms with Crippen molar-refractivity contribution in [3.63, 3.8) is 0 Å². The lowest BCUT2D eigenvalue weighted by Crippen LogP contribution is -2.22. The third-order valence-corrected chi connectivity index (χ3v) is 4.19. The Balaban J connectivity index is 2.04. The van der Waals surface area contributed by atoms with Crippen molar-refractivity contribution < 1.29 is 0 Å². The zero-order valence-electron chi connectivity index (χ0n) is 11.2. The molecule has 0 fully saturated rings. The van der Waals surface area contributed by atoms with Gasteiger partial charge in [-0.1, -0.05) is 39.5 Å². The van der Waals surface area contributed by atoms with Gasteiger partial charge in [0.15, 0.2) is 4.34 Å². The van der Waals surface area contributed by atoms with Crippen molar-refractivity contribution in [2.75, 3.05) is 18.8 Å². The van der Waals surface area contributed by atoms with Gasteiger partial charge in [0, 0.05) is 18.7 Å². The Morgan fingerprint density at radius 1 is 1.29 bits per heavy atom. The monoisotopic (exact) mass is 273 g/mol. The molecule has 0 amide bonds. The predicted octanol–water partition coefficient (Wildman–Crippen LogP) is 3.22. The Morgan fingerprint density at radius 3 is 2.65 bits per heavy atom. The second-order valence-electron chi connectivity index (χ2n) is 5.24. The lowest BCUT2D eigenvalue weighted by Gasteiger charge is -2.17. The number of aromatic nitrogens is 2. The maximum Gasteiger partial charge on any atom is 0.170 e. The second kappa shape index (κ2) is 7.34. The third-order valence-electron chi connectivity index (χ3n) is 2.32. The molecule has 0 aliphatic carbocycles. The molecule has 0 aliphatic rings. The summed E-state index contributed by atoms with van der Waals surface area (Å²) in [6.45, 7) is 11.1. The van der Waals surface area contributed by atoms with Crippen molar-refractivity contribution >= 4 is 23.3 Å². The highest BCUT2D eigenvalue weighted by Crippen LogP contribution is 2.20. The molecule has 0 saturated carbocycles. The van der Waals surface area contributed by atoms with Gasteiger partial charge < -0.3 is 5.32 Å². The van der Waals surface area contributed by atoms with Crippen molar-refractivity contribution in [3.8, 4) is 0 Å². The van der Waals surface area contributed by atoms with Crippen LogP contribution < -0.4 is 5.32 Å². The zero-order valence-corrected chi connectivity index (χ0v) is 12.9. The molecule has 0 unspecified atom stereocenters. The maximum atomic E-state index is 4.43. The molecule has 1 rings (SSSR count). The first-order valence-electron chi connectivity index (χ1n) is 6.17. The molecule has 0 saturated heterocycles. The van der Waals surface area contributed by atoms with E-state index in [4.69, 9.17) is 0 Å². The molecular formula is C12H23N3S2. The van der Waals surface area contributed by atoms with Crippen LogP contribution in [0, 0.1) is 5.41 Å². The molecule has 3 nitrogen and oxygen atoms in total. The average molecular weight is 273 g/mol. The first kappa shape index (κ1) is 14.9. The SMILES string of the molecule is CCc1nsc(SCCNCCC(C)(C)C)n1. The summed E-state index contributed by atoms with van der Waals surface area (Å²) in [6, 6.07) is 0. The topological polar surface area (TPSA) is 37.8 Å². The Kier molecular flexibility index (Phi) is 6.44. The Labute approximate surface area is 113 Å². The highest BCUT2D eigenvalue weighted by molar-refractivity contribution is 8.00. The first-order chi connectivity index (χ1) is 8.01. The summed E-state index contributed by atoms with van der Waals surface area (Å²) in [5, 5.41) is 3.47. The fraction of sp³-hybridized carbons (Fsp3) is 0.833. The van der Waals surface area contributed by atoms with Gasteiger partial charge in [0.1, 0.15) is 5.82 Å². The van der Waals surface area contributed by atoms with Gasteiger partial charge in [0.25, 0.3) is 0 Å². The molecule has 0 aromatic carbocycles. The molecule has 1 aromatic rings. The molecule has 1 heterocycles. The van der Waals surface area contributed by atoms with Crippen LogP contribution in [0.25, 0.3) is 0 Å². The van der Waals surface area contributed by atoms with E-state index in [0.717, 1.165) is 35.4 Å². The van der Waals surface area contributed by atoms with Crippen LogP contribution in [-0.4, -0.2) is 28.2 Å². The summed E-state index contributed by atoms with van der Waals surface area (Å²) < 4.78 is 5.37. The molecular weight excluding hydrogens is 250 g/mol. The summed E-state index contributed by atoms with van der Waals surface area (Å²) in [7, 11) is 0. The van der Waals surface area contributed by atoms with Gasteiger partial charge in [-0.05, 0) is 29.9 Å². The van der Waals surface area contributed by atoms with E-state index in [1.807, 2.05) is 0 Å². The van der Waals surface area contributed by atoms with Gasteiger partial charge >= 0.3 is 0 Å². The van der Waals surface area contributed by atoms with Gasteiger partial charge in [0.2, 0.25) is 0 Å². The van der Waals surface area contributed by atoms with Gasteiger partial charge in [-0.15, -0.1) is 0 Å². The molecule has 0 spiro atoms. The van der Waals surface area contributed by atoms with E-state index in [9.17, 15) is 0 Å². The molecule has 0 aliphatic heterocycles. The Bertz CT molecular complexity index is 318. The van der Waals surface area contributed by atoms with E-state index in [2.05, 4.69) is 42.4 Å². The highest BCUT2D eigenvalue weighted by Gasteiger charge is 2.08. The lowest BCUT2D eigenvalue weighted by molar-refractivity contribution is 0.369. The number of nitrogens with zero attached hydrogens (tertiary/aromatic N) is 2. The number of aryl methyl sites for hydroxylation is 1. The molecule has 0 radical (unpaired) electrons. The van der Waals surface area contributed by atoms with Crippen molar-refractivity contribution in [2.24, 2.45) is 5.41 Å². The number of thioether (sulfide) groups is 1. The fourth-order valence-electron chi connectivity index (χ4n) is 1.24. The standard InChI is InChI=1S/C12H23N3S2/c1-5-10-14-11(17-15-10)16-9-8-13-7-6-12(2,3)4/h13H,5-9H2,1-4H3. The van der Waals surface area contributed by atoms with Gasteiger partial charge in [-0.25, -0.2) is 4.98 Å². The minimum absolute atomic E-state index is 0.426. The maximum absolute atomic E-state index is 4.43. The molecule has 98 valence electrons. The minimum atomic E-state index is 0.426. The summed E-state index contributed by atoms with van der Waals surface area (Å²) in [6.07, 6.45) is 2.15. The van der Waals surface area contributed by atoms with E-state index in [1.54, 1.807) is 11.8 Å². The third kappa shape index (κ3) is 7.01. The number of hydrogen-bond acceptors (Lipinski definition) is 5. The summed E-state index contributed by atoms with van der Waals surface area (Å²) >= 11 is 3.31. The van der Waals surface area contributed by atoms with Crippen LogP contribution in [0.15, 0.2) is 4.34 Å². The van der Waals surface area contributed by atoms with Crippen molar-refractivity contribution in [1.29, 1.82) is 0 Å². The quantitative estimate of drug-likeness (QED) is 0.611. The van der Waals surface area contributed by atoms with Crippen LogP contribution in [0.5, 0.6) is 0 Å². The largest absolute Gasteiger partial charge is 0.316 e. The molecule has 0 atom stereocenters. The normalized spacial score (nSPS) is 12.0. The summed E-state index contributed by atoms with van der Waals surface area (Å²) in [5.74, 6) is 2.04. The van der Waals surface area contributed by atoms with Crippen LogP contribution in [0.1, 0.15) is 39.9 Å². The highest BCUT2D eigenvalue weighted by atomic mass is 32.2. The number of rotatable bonds is 7. The van der Waals surface area contributed by atoms with Gasteiger partial charge in [-0.2, -0.15) is 4.37 Å². The van der Waals surface area contributed by atoms with Crippen molar-refractivity contribution in [1.82, 2.24) is 14.7 Å². The molecule has 17 heavy (non-hydrogen) atoms. The van der Waals surface area contributed by atoms with Crippen LogP contribution in [0.4, 0.5) is 0 Å². The van der Waals surface area contributed by atoms with Crippen LogP contribution in [0.3, 0.4) is 0 Å². The minimum Gasteiger partial charge on any atom is -0.316 e. The summed E-state index contributed by atoms with van der Waals surface area (Å²) in [5.41, 5.74) is 0.426. The summed E-state index contributed by atoms with van der Waals surface area (Å²) in [4.78, 5) is 4.43. The lowest BCUT2D eigenvalue weighted by atomic mass is 9.92. The Hall–Kier alpha value is -0.130. The molecule has 0 bridgehead atoms. The molecule has 1 N–H and O–H groups in total. The van der Waals surface area contributed by atoms with Gasteiger partial charge in [-0.3, -0.25) is 0 Å². The second-order valence-corrected chi connectivity index (χ2v) is 7.33. The van der Waals surface area contributed by atoms with Gasteiger partial charge in [0.05, 0.1) is 0 Å². The zero-order chi connectivity index (χ0) is 12.7. The van der Waals surface area contributed by atoms with E-state index >= 15 is 0 Å². The predicted molar refractivity (Wildman–Crippen MR) is 77.0 cm³/mol. The number of hydrogen-bond donors (Lipinski definition) is 1. The van der Waals surface area contributed by atoms with Crippen LogP contribution in [0.2, 0.25) is 0 Å². The van der Waals surface area contributed by atoms with E-state index in [1.165, 1.54) is 18.0 Å². The fourth-order valence-corrected chi connectivity index (χ4v) is 2.90. The van der Waals surface area contributed by atoms with E-state index in [0.29, 0.717) is 5.41 Å². The van der Waals surface area contributed by atoms with Crippen molar-refractivity contribution in [3.05, 3.63) is 5.82 Å². The van der Waals surface area contributed by atoms with Crippen LogP contribution in [-0.2, 0) is 6.42 Å². The van der Waals surface area contributed by atoms with Crippen molar-refractivity contribution in [2.45, 2.75) is 44.9 Å². The Morgan fingerprint density at radius 2 is 2.06 bits per heavy atom. The molecule has 1 aromatic heterocycles. The van der Waals surface area contributed by atoms with Crippen LogP contribution >= 0.6 is 23.3 Å². The average Bonchev–Trinajstić information content (AvgIpc) is 2.69. The van der Waals surface area contributed by atoms with E-state index < -0.39 is 0 Å².